The highest BCUT2D eigenvalue weighted by atomic mass is 16.3. The predicted molar refractivity (Wildman–Crippen MR) is 135 cm³/mol. The second-order valence-corrected chi connectivity index (χ2v) is 9.55. The molecule has 0 aromatic heterocycles. The molecule has 1 heterocycles. The van der Waals surface area contributed by atoms with Crippen LogP contribution in [0.3, 0.4) is 0 Å². The number of aliphatic hydroxyl groups is 2. The number of unbranched alkanes of at least 4 members (excludes halogenated alkanes) is 1. The average molecular weight is 450 g/mol. The number of hydrogen-bond donors (Lipinski definition) is 3. The highest BCUT2D eigenvalue weighted by Gasteiger charge is 2.35. The van der Waals surface area contributed by atoms with Gasteiger partial charge >= 0.3 is 0 Å². The maximum absolute atomic E-state index is 13.0. The molecule has 2 aliphatic carbocycles. The molecule has 1 fully saturated rings. The highest BCUT2D eigenvalue weighted by molar-refractivity contribution is 5.82. The molecule has 33 heavy (non-hydrogen) atoms. The fraction of sp³-hybridized carbons (Fsp3) is 0.483. The molecule has 4 heteroatoms. The van der Waals surface area contributed by atoms with E-state index in [4.69, 9.17) is 0 Å². The van der Waals surface area contributed by atoms with Crippen molar-refractivity contribution in [2.75, 3.05) is 0 Å². The number of fused-ring (bicyclic) bond motifs is 2. The van der Waals surface area contributed by atoms with Crippen molar-refractivity contribution in [3.05, 3.63) is 84.1 Å². The van der Waals surface area contributed by atoms with E-state index in [1.54, 1.807) is 6.08 Å². The van der Waals surface area contributed by atoms with E-state index in [1.807, 2.05) is 31.2 Å². The van der Waals surface area contributed by atoms with Crippen molar-refractivity contribution in [3.63, 3.8) is 0 Å². The molecule has 7 unspecified atom stereocenters. The molecule has 7 atom stereocenters. The smallest absolute Gasteiger partial charge is 0.227 e. The number of aliphatic hydroxyl groups excluding tert-OH is 2. The van der Waals surface area contributed by atoms with E-state index in [9.17, 15) is 15.0 Å². The molecule has 0 aromatic rings. The zero-order valence-electron chi connectivity index (χ0n) is 20.1. The molecule has 1 saturated heterocycles. The molecule has 178 valence electrons. The fourth-order valence-electron chi connectivity index (χ4n) is 4.99. The van der Waals surface area contributed by atoms with Crippen LogP contribution < -0.4 is 5.32 Å². The van der Waals surface area contributed by atoms with Gasteiger partial charge in [0.1, 0.15) is 0 Å². The highest BCUT2D eigenvalue weighted by Crippen LogP contribution is 2.34. The van der Waals surface area contributed by atoms with Crippen LogP contribution in [-0.4, -0.2) is 34.4 Å². The van der Waals surface area contributed by atoms with Gasteiger partial charge in [0.2, 0.25) is 5.91 Å². The maximum Gasteiger partial charge on any atom is 0.227 e. The van der Waals surface area contributed by atoms with Gasteiger partial charge in [-0.25, -0.2) is 0 Å². The summed E-state index contributed by atoms with van der Waals surface area (Å²) in [7, 11) is 0. The van der Waals surface area contributed by atoms with Gasteiger partial charge in [0, 0.05) is 17.9 Å². The minimum atomic E-state index is -0.864. The Kier molecular flexibility index (Phi) is 9.28. The van der Waals surface area contributed by atoms with E-state index < -0.39 is 12.2 Å². The second kappa shape index (κ2) is 12.2. The lowest BCUT2D eigenvalue weighted by Gasteiger charge is -2.35. The first-order chi connectivity index (χ1) is 15.9. The van der Waals surface area contributed by atoms with Crippen LogP contribution in [0.1, 0.15) is 46.5 Å². The van der Waals surface area contributed by atoms with Gasteiger partial charge in [0.05, 0.1) is 18.1 Å². The van der Waals surface area contributed by atoms with Crippen molar-refractivity contribution in [2.24, 2.45) is 23.7 Å². The normalized spacial score (nSPS) is 34.8. The largest absolute Gasteiger partial charge is 0.389 e. The maximum atomic E-state index is 13.0. The van der Waals surface area contributed by atoms with Crippen LogP contribution in [0.25, 0.3) is 0 Å². The number of nitrogens with one attached hydrogen (secondary N) is 1. The Balaban J connectivity index is 1.81. The fourth-order valence-corrected chi connectivity index (χ4v) is 4.99. The number of piperidine rings is 1. The van der Waals surface area contributed by atoms with Crippen LogP contribution >= 0.6 is 0 Å². The molecule has 0 aromatic carbocycles. The second-order valence-electron chi connectivity index (χ2n) is 9.55. The van der Waals surface area contributed by atoms with Crippen LogP contribution in [0.4, 0.5) is 0 Å². The van der Waals surface area contributed by atoms with Gasteiger partial charge < -0.3 is 15.5 Å². The zero-order chi connectivity index (χ0) is 23.8. The lowest BCUT2D eigenvalue weighted by molar-refractivity contribution is -0.127. The topological polar surface area (TPSA) is 69.6 Å². The first-order valence-electron chi connectivity index (χ1n) is 12.3. The first-order valence-corrected chi connectivity index (χ1v) is 12.3. The zero-order valence-corrected chi connectivity index (χ0v) is 20.1. The van der Waals surface area contributed by atoms with E-state index in [1.165, 1.54) is 0 Å². The van der Waals surface area contributed by atoms with Crippen molar-refractivity contribution in [2.45, 2.75) is 64.7 Å². The summed E-state index contributed by atoms with van der Waals surface area (Å²) in [5.74, 6) is -0.215. The Morgan fingerprint density at radius 3 is 2.67 bits per heavy atom. The van der Waals surface area contributed by atoms with Gasteiger partial charge in [-0.2, -0.15) is 0 Å². The van der Waals surface area contributed by atoms with Crippen LogP contribution in [0.5, 0.6) is 0 Å². The van der Waals surface area contributed by atoms with Gasteiger partial charge in [-0.15, -0.1) is 0 Å². The van der Waals surface area contributed by atoms with Gasteiger partial charge in [-0.3, -0.25) is 4.79 Å². The summed E-state index contributed by atoms with van der Waals surface area (Å²) in [6, 6.07) is 0.129. The van der Waals surface area contributed by atoms with Gasteiger partial charge in [0.25, 0.3) is 0 Å². The Labute approximate surface area is 198 Å². The molecule has 1 amide bonds. The summed E-state index contributed by atoms with van der Waals surface area (Å²) >= 11 is 0. The lowest BCUT2D eigenvalue weighted by Crippen LogP contribution is -2.47. The standard InChI is InChI=1S/C29H39NO3/c1-4-5-6-7-8-9-12-24-19-22-15-14-20(2)18-23-16-17-26(31)28(32)27(23)21(3)11-10-13-25(22)29(33)30-24/h6-11,13-18,22-28,31-32H,4-5,12,19H2,1-3H3,(H,30,33). The molecule has 0 spiro atoms. The SMILES string of the molecule is CCCC=CC=CCC1CC2C=CC(C)=CC3C=CC(O)C(O)C3C(C)=CC=CC2C(=O)N1. The molecule has 3 N–H and O–H groups in total. The van der Waals surface area contributed by atoms with Crippen LogP contribution in [0.2, 0.25) is 0 Å². The van der Waals surface area contributed by atoms with Crippen molar-refractivity contribution in [1.82, 2.24) is 5.32 Å². The molecule has 3 aliphatic rings. The summed E-state index contributed by atoms with van der Waals surface area (Å²) in [5, 5.41) is 24.0. The number of allylic oxidation sites excluding steroid dienone is 10. The third kappa shape index (κ3) is 6.78. The Morgan fingerprint density at radius 1 is 1.09 bits per heavy atom. The summed E-state index contributed by atoms with van der Waals surface area (Å²) < 4.78 is 0. The van der Waals surface area contributed by atoms with Crippen molar-refractivity contribution >= 4 is 5.91 Å². The predicted octanol–water partition coefficient (Wildman–Crippen LogP) is 4.95. The summed E-state index contributed by atoms with van der Waals surface area (Å²) in [6.45, 7) is 6.21. The Morgan fingerprint density at radius 2 is 1.88 bits per heavy atom. The molecular formula is C29H39NO3. The van der Waals surface area contributed by atoms with E-state index in [2.05, 4.69) is 61.7 Å². The lowest BCUT2D eigenvalue weighted by atomic mass is 9.75. The van der Waals surface area contributed by atoms with Crippen LogP contribution in [-0.2, 0) is 4.79 Å². The summed E-state index contributed by atoms with van der Waals surface area (Å²) in [5.41, 5.74) is 2.09. The van der Waals surface area contributed by atoms with Crippen LogP contribution in [0, 0.1) is 23.7 Å². The minimum Gasteiger partial charge on any atom is -0.389 e. The Bertz CT molecular complexity index is 889. The molecule has 0 saturated carbocycles. The molecule has 3 rings (SSSR count). The van der Waals surface area contributed by atoms with Gasteiger partial charge in [-0.05, 0) is 39.0 Å². The third-order valence-corrected chi connectivity index (χ3v) is 6.85. The van der Waals surface area contributed by atoms with Crippen molar-refractivity contribution in [1.29, 1.82) is 0 Å². The van der Waals surface area contributed by atoms with Gasteiger partial charge in [0.15, 0.2) is 0 Å². The molecule has 1 aliphatic heterocycles. The monoisotopic (exact) mass is 449 g/mol. The number of hydrogen-bond acceptors (Lipinski definition) is 3. The summed E-state index contributed by atoms with van der Waals surface area (Å²) in [6.07, 6.45) is 26.7. The van der Waals surface area contributed by atoms with E-state index in [-0.39, 0.29) is 35.6 Å². The molecular weight excluding hydrogens is 410 g/mol. The number of carbonyl (C=O) groups is 1. The third-order valence-electron chi connectivity index (χ3n) is 6.85. The van der Waals surface area contributed by atoms with Gasteiger partial charge in [-0.1, -0.05) is 97.4 Å². The van der Waals surface area contributed by atoms with Crippen LogP contribution in [0.15, 0.2) is 84.1 Å². The van der Waals surface area contributed by atoms with Crippen molar-refractivity contribution < 1.29 is 15.0 Å². The first kappa shape index (κ1) is 25.2. The van der Waals surface area contributed by atoms with E-state index in [0.717, 1.165) is 36.8 Å². The molecule has 0 radical (unpaired) electrons. The minimum absolute atomic E-state index is 0.0150. The number of rotatable bonds is 5. The van der Waals surface area contributed by atoms with Crippen molar-refractivity contribution in [3.8, 4) is 0 Å². The van der Waals surface area contributed by atoms with E-state index in [0.29, 0.717) is 0 Å². The Hall–Kier alpha value is -2.43. The number of amides is 1. The quantitative estimate of drug-likeness (QED) is 0.411. The van der Waals surface area contributed by atoms with E-state index >= 15 is 0 Å². The molecule has 4 nitrogen and oxygen atoms in total. The summed E-state index contributed by atoms with van der Waals surface area (Å²) in [4.78, 5) is 13.0. The average Bonchev–Trinajstić information content (AvgIpc) is 2.78. The number of carbonyl (C=O) groups excluding carboxylic acids is 1. The molecule has 0 bridgehead atoms.